The molecule has 0 aromatic carbocycles. The number of nitrogens with zero attached hydrogens (tertiary/aromatic N) is 1. The van der Waals surface area contributed by atoms with Crippen molar-refractivity contribution in [2.24, 2.45) is 5.41 Å². The molecule has 1 amide bonds. The van der Waals surface area contributed by atoms with Crippen molar-refractivity contribution in [2.45, 2.75) is 26.8 Å². The highest BCUT2D eigenvalue weighted by atomic mass is 16.5. The fraction of sp³-hybridized carbons (Fsp3) is 0.526. The van der Waals surface area contributed by atoms with Gasteiger partial charge in [-0.1, -0.05) is 45.1 Å². The number of fused-ring (bicyclic) bond motifs is 1. The molecular weight excluding hydrogens is 288 g/mol. The monoisotopic (exact) mass is 314 g/mol. The molecule has 1 fully saturated rings. The molecule has 23 heavy (non-hydrogen) atoms. The molecule has 0 radical (unpaired) electrons. The van der Waals surface area contributed by atoms with Crippen molar-refractivity contribution in [3.8, 4) is 0 Å². The van der Waals surface area contributed by atoms with Crippen LogP contribution in [0.25, 0.3) is 0 Å². The highest BCUT2D eigenvalue weighted by molar-refractivity contribution is 6.00. The maximum atomic E-state index is 12.8. The molecule has 0 bridgehead atoms. The molecule has 3 aliphatic rings. The van der Waals surface area contributed by atoms with Crippen LogP contribution in [0.1, 0.15) is 20.8 Å². The van der Waals surface area contributed by atoms with Gasteiger partial charge >= 0.3 is 0 Å². The second-order valence-electron chi connectivity index (χ2n) is 7.45. The third-order valence-corrected chi connectivity index (χ3v) is 4.71. The number of nitrogens with one attached hydrogen (secondary N) is 1. The summed E-state index contributed by atoms with van der Waals surface area (Å²) in [4.78, 5) is 15.1. The zero-order valence-corrected chi connectivity index (χ0v) is 14.3. The standard InChI is InChI=1S/C19H26N2O2/c1-19(2,3)17(13-21-9-11-23-12-10-21)20-18(22)16-8-7-14-5-4-6-15(14)16/h4-8,17H,9-13H2,1-3H3,(H,20,22)/t17-/m1/s1. The number of amides is 1. The summed E-state index contributed by atoms with van der Waals surface area (Å²) in [5, 5.41) is 3.27. The van der Waals surface area contributed by atoms with E-state index < -0.39 is 0 Å². The molecule has 0 aromatic rings. The second kappa shape index (κ2) is 6.46. The van der Waals surface area contributed by atoms with E-state index in [0.717, 1.165) is 49.6 Å². The average Bonchev–Trinajstić information content (AvgIpc) is 3.09. The van der Waals surface area contributed by atoms with Crippen molar-refractivity contribution in [3.05, 3.63) is 47.1 Å². The first kappa shape index (κ1) is 16.2. The Morgan fingerprint density at radius 1 is 1.26 bits per heavy atom. The fourth-order valence-corrected chi connectivity index (χ4v) is 3.10. The minimum atomic E-state index is 0.00565. The molecule has 1 aliphatic heterocycles. The zero-order valence-electron chi connectivity index (χ0n) is 14.3. The average molecular weight is 314 g/mol. The highest BCUT2D eigenvalue weighted by Crippen LogP contribution is 2.30. The van der Waals surface area contributed by atoms with Gasteiger partial charge < -0.3 is 10.1 Å². The van der Waals surface area contributed by atoms with Crippen LogP contribution in [0.4, 0.5) is 0 Å². The van der Waals surface area contributed by atoms with Crippen LogP contribution in [-0.4, -0.2) is 49.7 Å². The van der Waals surface area contributed by atoms with Crippen LogP contribution in [-0.2, 0) is 9.53 Å². The Bertz CT molecular complexity index is 599. The minimum Gasteiger partial charge on any atom is -0.379 e. The van der Waals surface area contributed by atoms with Crippen LogP contribution in [0.3, 0.4) is 0 Å². The Kier molecular flexibility index (Phi) is 4.55. The van der Waals surface area contributed by atoms with Gasteiger partial charge in [0.2, 0.25) is 0 Å². The van der Waals surface area contributed by atoms with E-state index in [1.54, 1.807) is 0 Å². The summed E-state index contributed by atoms with van der Waals surface area (Å²) < 4.78 is 5.42. The molecule has 0 spiro atoms. The number of carbonyl (C=O) groups excluding carboxylic acids is 1. The Hall–Kier alpha value is -1.65. The van der Waals surface area contributed by atoms with Gasteiger partial charge in [0.25, 0.3) is 5.91 Å². The molecule has 1 atom stereocenters. The van der Waals surface area contributed by atoms with Crippen molar-refractivity contribution in [1.29, 1.82) is 0 Å². The maximum absolute atomic E-state index is 12.8. The SMILES string of the molecule is CC(C)(C)[C@@H](CN1CCOCC1)NC(=O)C1=C2C=CC=C2C=C1. The number of rotatable bonds is 4. The largest absolute Gasteiger partial charge is 0.379 e. The Balaban J connectivity index is 1.70. The summed E-state index contributed by atoms with van der Waals surface area (Å²) in [7, 11) is 0. The number of allylic oxidation sites excluding steroid dienone is 6. The first-order valence-electron chi connectivity index (χ1n) is 8.37. The molecule has 0 unspecified atom stereocenters. The van der Waals surface area contributed by atoms with Crippen LogP contribution in [0.5, 0.6) is 0 Å². The van der Waals surface area contributed by atoms with Crippen LogP contribution >= 0.6 is 0 Å². The second-order valence-corrected chi connectivity index (χ2v) is 7.45. The van der Waals surface area contributed by atoms with E-state index in [9.17, 15) is 4.79 Å². The fourth-order valence-electron chi connectivity index (χ4n) is 3.10. The highest BCUT2D eigenvalue weighted by Gasteiger charge is 2.30. The van der Waals surface area contributed by atoms with Crippen molar-refractivity contribution in [1.82, 2.24) is 10.2 Å². The summed E-state index contributed by atoms with van der Waals surface area (Å²) in [5.74, 6) is 0.0272. The van der Waals surface area contributed by atoms with Crippen LogP contribution in [0.2, 0.25) is 0 Å². The van der Waals surface area contributed by atoms with Gasteiger partial charge in [-0.05, 0) is 22.6 Å². The molecule has 124 valence electrons. The van der Waals surface area contributed by atoms with E-state index in [4.69, 9.17) is 4.74 Å². The van der Waals surface area contributed by atoms with Gasteiger partial charge in [-0.15, -0.1) is 0 Å². The van der Waals surface area contributed by atoms with Gasteiger partial charge in [-0.3, -0.25) is 9.69 Å². The van der Waals surface area contributed by atoms with Gasteiger partial charge in [0.15, 0.2) is 0 Å². The lowest BCUT2D eigenvalue weighted by Crippen LogP contribution is -2.53. The van der Waals surface area contributed by atoms with E-state index >= 15 is 0 Å². The van der Waals surface area contributed by atoms with Crippen LogP contribution in [0, 0.1) is 5.41 Å². The summed E-state index contributed by atoms with van der Waals surface area (Å²) in [6.45, 7) is 10.8. The summed E-state index contributed by atoms with van der Waals surface area (Å²) in [5.41, 5.74) is 2.96. The third-order valence-electron chi connectivity index (χ3n) is 4.71. The number of morpholine rings is 1. The van der Waals surface area contributed by atoms with Crippen molar-refractivity contribution in [3.63, 3.8) is 0 Å². The zero-order chi connectivity index (χ0) is 16.4. The summed E-state index contributed by atoms with van der Waals surface area (Å²) in [6, 6.07) is 0.105. The lowest BCUT2D eigenvalue weighted by atomic mass is 9.86. The topological polar surface area (TPSA) is 41.6 Å². The van der Waals surface area contributed by atoms with E-state index in [0.29, 0.717) is 0 Å². The minimum absolute atomic E-state index is 0.00565. The van der Waals surface area contributed by atoms with Crippen LogP contribution < -0.4 is 5.32 Å². The predicted octanol–water partition coefficient (Wildman–Crippen LogP) is 2.21. The van der Waals surface area contributed by atoms with E-state index in [1.807, 2.05) is 30.4 Å². The predicted molar refractivity (Wildman–Crippen MR) is 92.0 cm³/mol. The molecule has 1 heterocycles. The summed E-state index contributed by atoms with van der Waals surface area (Å²) >= 11 is 0. The van der Waals surface area contributed by atoms with Gasteiger partial charge in [0.1, 0.15) is 0 Å². The van der Waals surface area contributed by atoms with Crippen LogP contribution in [0.15, 0.2) is 47.1 Å². The third kappa shape index (κ3) is 3.65. The summed E-state index contributed by atoms with van der Waals surface area (Å²) in [6.07, 6.45) is 9.99. The molecule has 4 nitrogen and oxygen atoms in total. The van der Waals surface area contributed by atoms with Gasteiger partial charge in [0.05, 0.1) is 13.2 Å². The molecule has 1 N–H and O–H groups in total. The lowest BCUT2D eigenvalue weighted by Gasteiger charge is -2.37. The Morgan fingerprint density at radius 2 is 2.00 bits per heavy atom. The quantitative estimate of drug-likeness (QED) is 0.865. The number of hydrogen-bond acceptors (Lipinski definition) is 3. The van der Waals surface area contributed by atoms with Crippen molar-refractivity contribution < 1.29 is 9.53 Å². The molecule has 1 saturated heterocycles. The number of ether oxygens (including phenoxy) is 1. The van der Waals surface area contributed by atoms with Gasteiger partial charge in [0, 0.05) is 31.2 Å². The molecule has 0 saturated carbocycles. The normalized spacial score (nSPS) is 22.3. The first-order valence-corrected chi connectivity index (χ1v) is 8.37. The molecule has 3 rings (SSSR count). The smallest absolute Gasteiger partial charge is 0.252 e. The Morgan fingerprint density at radius 3 is 2.70 bits per heavy atom. The van der Waals surface area contributed by atoms with Gasteiger partial charge in [-0.25, -0.2) is 0 Å². The molecule has 0 aromatic heterocycles. The molecule has 4 heteroatoms. The molecule has 2 aliphatic carbocycles. The lowest BCUT2D eigenvalue weighted by molar-refractivity contribution is -0.118. The van der Waals surface area contributed by atoms with E-state index in [-0.39, 0.29) is 17.4 Å². The molecular formula is C19H26N2O2. The van der Waals surface area contributed by atoms with Crippen molar-refractivity contribution >= 4 is 5.91 Å². The van der Waals surface area contributed by atoms with Crippen molar-refractivity contribution in [2.75, 3.05) is 32.8 Å². The maximum Gasteiger partial charge on any atom is 0.252 e. The Labute approximate surface area is 138 Å². The first-order chi connectivity index (χ1) is 10.9. The van der Waals surface area contributed by atoms with Gasteiger partial charge in [-0.2, -0.15) is 0 Å². The van der Waals surface area contributed by atoms with E-state index in [2.05, 4.69) is 31.0 Å². The number of carbonyl (C=O) groups is 1. The number of hydrogen-bond donors (Lipinski definition) is 1. The van der Waals surface area contributed by atoms with E-state index in [1.165, 1.54) is 0 Å².